The highest BCUT2D eigenvalue weighted by Gasteiger charge is 2.22. The Kier molecular flexibility index (Phi) is 6.12. The highest BCUT2D eigenvalue weighted by atomic mass is 32.2. The molecule has 7 nitrogen and oxygen atoms in total. The Bertz CT molecular complexity index is 891. The lowest BCUT2D eigenvalue weighted by molar-refractivity contribution is -0.117. The van der Waals surface area contributed by atoms with Crippen LogP contribution < -0.4 is 15.4 Å². The van der Waals surface area contributed by atoms with Crippen LogP contribution in [-0.2, 0) is 19.6 Å². The Balaban J connectivity index is 2.00. The number of carbonyl (C=O) groups excluding carboxylic acids is 2. The van der Waals surface area contributed by atoms with Gasteiger partial charge in [0.15, 0.2) is 0 Å². The van der Waals surface area contributed by atoms with Crippen molar-refractivity contribution < 1.29 is 18.0 Å². The van der Waals surface area contributed by atoms with Crippen LogP contribution in [0.2, 0.25) is 0 Å². The van der Waals surface area contributed by atoms with E-state index < -0.39 is 22.0 Å². The molecule has 3 N–H and O–H groups in total. The fourth-order valence-electron chi connectivity index (χ4n) is 2.16. The van der Waals surface area contributed by atoms with E-state index in [-0.39, 0.29) is 10.8 Å². The molecule has 0 aliphatic heterocycles. The van der Waals surface area contributed by atoms with Gasteiger partial charge in [-0.2, -0.15) is 4.72 Å². The molecule has 0 fully saturated rings. The molecule has 0 unspecified atom stereocenters. The fourth-order valence-corrected chi connectivity index (χ4v) is 3.37. The zero-order valence-corrected chi connectivity index (χ0v) is 15.6. The minimum Gasteiger partial charge on any atom is -0.326 e. The normalized spacial score (nSPS) is 12.3. The Morgan fingerprint density at radius 3 is 1.88 bits per heavy atom. The van der Waals surface area contributed by atoms with Gasteiger partial charge in [0.2, 0.25) is 21.8 Å². The number of rotatable bonds is 6. The quantitative estimate of drug-likeness (QED) is 0.720. The molecule has 0 aliphatic carbocycles. The van der Waals surface area contributed by atoms with Crippen molar-refractivity contribution in [1.82, 2.24) is 4.72 Å². The van der Waals surface area contributed by atoms with E-state index in [0.717, 1.165) is 5.56 Å². The second kappa shape index (κ2) is 8.11. The maximum absolute atomic E-state index is 12.3. The number of anilines is 2. The summed E-state index contributed by atoms with van der Waals surface area (Å²) in [6, 6.07) is 11.9. The summed E-state index contributed by atoms with van der Waals surface area (Å²) in [5.41, 5.74) is 2.03. The highest BCUT2D eigenvalue weighted by molar-refractivity contribution is 7.89. The van der Waals surface area contributed by atoms with Crippen LogP contribution in [0.3, 0.4) is 0 Å². The SMILES string of the molecule is CC(=O)Nc1ccc(NC(=O)[C@@H](C)NS(=O)(=O)c2ccc(C)cc2)cc1. The van der Waals surface area contributed by atoms with Crippen molar-refractivity contribution in [3.05, 3.63) is 54.1 Å². The summed E-state index contributed by atoms with van der Waals surface area (Å²) >= 11 is 0. The monoisotopic (exact) mass is 375 g/mol. The van der Waals surface area contributed by atoms with Crippen molar-refractivity contribution in [3.63, 3.8) is 0 Å². The third-order valence-corrected chi connectivity index (χ3v) is 5.09. The molecule has 2 amide bonds. The molecule has 8 heteroatoms. The van der Waals surface area contributed by atoms with Crippen molar-refractivity contribution in [2.45, 2.75) is 31.7 Å². The minimum absolute atomic E-state index is 0.0995. The molecule has 0 bridgehead atoms. The summed E-state index contributed by atoms with van der Waals surface area (Å²) < 4.78 is 27.0. The van der Waals surface area contributed by atoms with Crippen LogP contribution in [0.5, 0.6) is 0 Å². The molecule has 1 atom stereocenters. The first kappa shape index (κ1) is 19.6. The lowest BCUT2D eigenvalue weighted by Crippen LogP contribution is -2.41. The van der Waals surface area contributed by atoms with Crippen LogP contribution in [0.1, 0.15) is 19.4 Å². The van der Waals surface area contributed by atoms with Gasteiger partial charge in [-0.15, -0.1) is 0 Å². The third kappa shape index (κ3) is 5.40. The summed E-state index contributed by atoms with van der Waals surface area (Å²) in [6.07, 6.45) is 0. The predicted molar refractivity (Wildman–Crippen MR) is 100 cm³/mol. The van der Waals surface area contributed by atoms with Crippen molar-refractivity contribution in [2.75, 3.05) is 10.6 Å². The van der Waals surface area contributed by atoms with Crippen LogP contribution in [-0.4, -0.2) is 26.3 Å². The van der Waals surface area contributed by atoms with E-state index in [2.05, 4.69) is 15.4 Å². The smallest absolute Gasteiger partial charge is 0.242 e. The second-order valence-electron chi connectivity index (χ2n) is 5.90. The fraction of sp³-hybridized carbons (Fsp3) is 0.222. The van der Waals surface area contributed by atoms with E-state index in [1.54, 1.807) is 36.4 Å². The van der Waals surface area contributed by atoms with Gasteiger partial charge >= 0.3 is 0 Å². The zero-order chi connectivity index (χ0) is 19.3. The molecule has 2 rings (SSSR count). The topological polar surface area (TPSA) is 104 Å². The van der Waals surface area contributed by atoms with Gasteiger partial charge in [0.05, 0.1) is 10.9 Å². The first-order valence-corrected chi connectivity index (χ1v) is 9.43. The molecule has 0 saturated carbocycles. The largest absolute Gasteiger partial charge is 0.326 e. The molecule has 0 heterocycles. The summed E-state index contributed by atoms with van der Waals surface area (Å²) in [5, 5.41) is 5.24. The first-order chi connectivity index (χ1) is 12.2. The van der Waals surface area contributed by atoms with Gasteiger partial charge in [0.1, 0.15) is 0 Å². The van der Waals surface area contributed by atoms with Crippen LogP contribution >= 0.6 is 0 Å². The van der Waals surface area contributed by atoms with E-state index in [9.17, 15) is 18.0 Å². The Morgan fingerprint density at radius 2 is 1.38 bits per heavy atom. The minimum atomic E-state index is -3.79. The molecule has 0 spiro atoms. The maximum atomic E-state index is 12.3. The second-order valence-corrected chi connectivity index (χ2v) is 7.62. The average Bonchev–Trinajstić information content (AvgIpc) is 2.56. The number of sulfonamides is 1. The summed E-state index contributed by atoms with van der Waals surface area (Å²) in [5.74, 6) is -0.686. The average molecular weight is 375 g/mol. The van der Waals surface area contributed by atoms with Crippen molar-refractivity contribution in [1.29, 1.82) is 0 Å². The number of hydrogen-bond acceptors (Lipinski definition) is 4. The van der Waals surface area contributed by atoms with Gasteiger partial charge in [0, 0.05) is 18.3 Å². The number of aryl methyl sites for hydroxylation is 1. The van der Waals surface area contributed by atoms with Crippen LogP contribution in [0.15, 0.2) is 53.4 Å². The van der Waals surface area contributed by atoms with E-state index in [0.29, 0.717) is 11.4 Å². The number of nitrogens with one attached hydrogen (secondary N) is 3. The van der Waals surface area contributed by atoms with Crippen molar-refractivity contribution >= 4 is 33.2 Å². The predicted octanol–water partition coefficient (Wildman–Crippen LogP) is 2.26. The van der Waals surface area contributed by atoms with Gasteiger partial charge in [-0.3, -0.25) is 9.59 Å². The summed E-state index contributed by atoms with van der Waals surface area (Å²) in [4.78, 5) is 23.3. The van der Waals surface area contributed by atoms with Gasteiger partial charge in [0.25, 0.3) is 0 Å². The molecule has 2 aromatic rings. The molecule has 0 saturated heterocycles. The van der Waals surface area contributed by atoms with E-state index in [1.807, 2.05) is 6.92 Å². The van der Waals surface area contributed by atoms with Gasteiger partial charge in [-0.25, -0.2) is 8.42 Å². The molecule has 0 radical (unpaired) electrons. The standard InChI is InChI=1S/C18H21N3O4S/c1-12-4-10-17(11-5-12)26(24,25)21-13(2)18(23)20-16-8-6-15(7-9-16)19-14(3)22/h4-11,13,21H,1-3H3,(H,19,22)(H,20,23)/t13-/m1/s1. The molecule has 0 aromatic heterocycles. The maximum Gasteiger partial charge on any atom is 0.242 e. The number of carbonyl (C=O) groups is 2. The van der Waals surface area contributed by atoms with E-state index in [4.69, 9.17) is 0 Å². The molecular formula is C18H21N3O4S. The summed E-state index contributed by atoms with van der Waals surface area (Å²) in [6.45, 7) is 4.72. The van der Waals surface area contributed by atoms with Gasteiger partial charge in [-0.1, -0.05) is 17.7 Å². The van der Waals surface area contributed by atoms with Crippen LogP contribution in [0, 0.1) is 6.92 Å². The molecule has 2 aromatic carbocycles. The van der Waals surface area contributed by atoms with Crippen molar-refractivity contribution in [2.24, 2.45) is 0 Å². The molecular weight excluding hydrogens is 354 g/mol. The van der Waals surface area contributed by atoms with Gasteiger partial charge in [-0.05, 0) is 50.2 Å². The highest BCUT2D eigenvalue weighted by Crippen LogP contribution is 2.14. The van der Waals surface area contributed by atoms with Gasteiger partial charge < -0.3 is 10.6 Å². The molecule has 0 aliphatic rings. The Hall–Kier alpha value is -2.71. The van der Waals surface area contributed by atoms with E-state index >= 15 is 0 Å². The lowest BCUT2D eigenvalue weighted by Gasteiger charge is -2.15. The first-order valence-electron chi connectivity index (χ1n) is 7.95. The zero-order valence-electron chi connectivity index (χ0n) is 14.7. The number of benzene rings is 2. The Labute approximate surface area is 152 Å². The third-order valence-electron chi connectivity index (χ3n) is 3.53. The number of hydrogen-bond donors (Lipinski definition) is 3. The molecule has 26 heavy (non-hydrogen) atoms. The van der Waals surface area contributed by atoms with Crippen LogP contribution in [0.4, 0.5) is 11.4 Å². The molecule has 138 valence electrons. The van der Waals surface area contributed by atoms with Crippen LogP contribution in [0.25, 0.3) is 0 Å². The number of amides is 2. The summed E-state index contributed by atoms with van der Waals surface area (Å²) in [7, 11) is -3.79. The van der Waals surface area contributed by atoms with Crippen molar-refractivity contribution in [3.8, 4) is 0 Å². The lowest BCUT2D eigenvalue weighted by atomic mass is 10.2. The van der Waals surface area contributed by atoms with E-state index in [1.165, 1.54) is 26.0 Å². The Morgan fingerprint density at radius 1 is 0.885 bits per heavy atom.